The van der Waals surface area contributed by atoms with Crippen LogP contribution < -0.4 is 4.90 Å². The first-order chi connectivity index (χ1) is 15.2. The number of hydrogen-bond acceptors (Lipinski definition) is 3. The number of rotatable bonds is 4. The molecular weight excluding hydrogens is 400 g/mol. The van der Waals surface area contributed by atoms with Gasteiger partial charge in [0.05, 0.1) is 4.92 Å². The van der Waals surface area contributed by atoms with E-state index in [0.717, 1.165) is 22.4 Å². The Morgan fingerprint density at radius 1 is 0.938 bits per heavy atom. The lowest BCUT2D eigenvalue weighted by atomic mass is 9.65. The highest BCUT2D eigenvalue weighted by atomic mass is 16.6. The maximum absolute atomic E-state index is 13.4. The molecule has 1 unspecified atom stereocenters. The van der Waals surface area contributed by atoms with Gasteiger partial charge in [-0.25, -0.2) is 0 Å². The van der Waals surface area contributed by atoms with Gasteiger partial charge in [-0.05, 0) is 49.1 Å². The van der Waals surface area contributed by atoms with E-state index in [1.165, 1.54) is 0 Å². The molecule has 3 aromatic carbocycles. The Kier molecular flexibility index (Phi) is 5.43. The average Bonchev–Trinajstić information content (AvgIpc) is 2.78. The van der Waals surface area contributed by atoms with Gasteiger partial charge in [-0.15, -0.1) is 0 Å². The zero-order valence-electron chi connectivity index (χ0n) is 18.5. The van der Waals surface area contributed by atoms with Crippen molar-refractivity contribution in [3.05, 3.63) is 112 Å². The number of non-ortho nitro benzene ring substituents is 1. The van der Waals surface area contributed by atoms with E-state index in [2.05, 4.69) is 20.8 Å². The van der Waals surface area contributed by atoms with Gasteiger partial charge in [-0.3, -0.25) is 14.9 Å². The van der Waals surface area contributed by atoms with Crippen LogP contribution in [0, 0.1) is 10.1 Å². The largest absolute Gasteiger partial charge is 0.303 e. The van der Waals surface area contributed by atoms with Gasteiger partial charge in [0, 0.05) is 34.9 Å². The summed E-state index contributed by atoms with van der Waals surface area (Å²) in [5.41, 5.74) is 3.08. The molecule has 0 saturated heterocycles. The number of carbonyl (C=O) groups excluding carboxylic acids is 1. The van der Waals surface area contributed by atoms with Gasteiger partial charge in [0.25, 0.3) is 11.6 Å². The second-order valence-corrected chi connectivity index (χ2v) is 9.06. The molecule has 3 aromatic rings. The molecule has 0 N–H and O–H groups in total. The fourth-order valence-corrected chi connectivity index (χ4v) is 4.93. The third-order valence-electron chi connectivity index (χ3n) is 6.28. The van der Waals surface area contributed by atoms with Crippen LogP contribution in [0.15, 0.2) is 84.9 Å². The van der Waals surface area contributed by atoms with Crippen LogP contribution in [0.1, 0.15) is 43.9 Å². The second-order valence-electron chi connectivity index (χ2n) is 9.06. The van der Waals surface area contributed by atoms with Crippen molar-refractivity contribution in [3.63, 3.8) is 0 Å². The minimum absolute atomic E-state index is 0.0722. The fraction of sp³-hybridized carbons (Fsp3) is 0.222. The molecule has 1 amide bonds. The number of nitro groups is 1. The second kappa shape index (κ2) is 8.08. The normalized spacial score (nSPS) is 19.5. The number of amides is 1. The maximum atomic E-state index is 13.4. The first-order valence-corrected chi connectivity index (χ1v) is 10.6. The van der Waals surface area contributed by atoms with Crippen molar-refractivity contribution in [2.75, 3.05) is 4.90 Å². The van der Waals surface area contributed by atoms with Gasteiger partial charge in [-0.2, -0.15) is 0 Å². The van der Waals surface area contributed by atoms with E-state index in [1.54, 1.807) is 18.2 Å². The summed E-state index contributed by atoms with van der Waals surface area (Å²) in [5.74, 6) is -0.0722. The van der Waals surface area contributed by atoms with E-state index in [0.29, 0.717) is 6.42 Å². The van der Waals surface area contributed by atoms with E-state index in [9.17, 15) is 14.9 Å². The molecule has 162 valence electrons. The molecule has 0 fully saturated rings. The van der Waals surface area contributed by atoms with E-state index in [4.69, 9.17) is 0 Å². The molecule has 32 heavy (non-hydrogen) atoms. The molecule has 5 heteroatoms. The standard InChI is InChI=1S/C27H26N2O3/c1-26(2)19-27(3,21-14-16-22(17-15-21)29(31)32)23-11-7-8-12-24(23)28(26)25(30)18-13-20-9-5-4-6-10-20/h4-18H,19H2,1-3H3/b18-13+. The Morgan fingerprint density at radius 2 is 1.56 bits per heavy atom. The van der Waals surface area contributed by atoms with Crippen LogP contribution in [-0.2, 0) is 10.2 Å². The molecule has 0 radical (unpaired) electrons. The predicted molar refractivity (Wildman–Crippen MR) is 128 cm³/mol. The highest BCUT2D eigenvalue weighted by Gasteiger charge is 2.47. The van der Waals surface area contributed by atoms with Crippen LogP contribution in [0.25, 0.3) is 6.08 Å². The van der Waals surface area contributed by atoms with E-state index in [1.807, 2.05) is 77.7 Å². The Bertz CT molecular complexity index is 1180. The molecule has 1 heterocycles. The van der Waals surface area contributed by atoms with E-state index < -0.39 is 11.0 Å². The SMILES string of the molecule is CC1(c2ccc([N+](=O)[O-])cc2)CC(C)(C)N(C(=O)/C=C/c2ccccc2)c2ccccc21. The first kappa shape index (κ1) is 21.5. The number of hydrogen-bond donors (Lipinski definition) is 0. The van der Waals surface area contributed by atoms with Gasteiger partial charge in [-0.1, -0.05) is 67.6 Å². The Morgan fingerprint density at radius 3 is 2.22 bits per heavy atom. The van der Waals surface area contributed by atoms with Crippen molar-refractivity contribution in [2.24, 2.45) is 0 Å². The molecule has 1 aliphatic rings. The van der Waals surface area contributed by atoms with E-state index in [-0.39, 0.29) is 16.5 Å². The van der Waals surface area contributed by atoms with Crippen molar-refractivity contribution >= 4 is 23.4 Å². The highest BCUT2D eigenvalue weighted by molar-refractivity contribution is 6.06. The number of para-hydroxylation sites is 1. The topological polar surface area (TPSA) is 63.5 Å². The molecule has 0 aromatic heterocycles. The lowest BCUT2D eigenvalue weighted by Crippen LogP contribution is -2.55. The molecule has 0 aliphatic carbocycles. The number of anilines is 1. The molecule has 1 atom stereocenters. The maximum Gasteiger partial charge on any atom is 0.269 e. The first-order valence-electron chi connectivity index (χ1n) is 10.6. The monoisotopic (exact) mass is 426 g/mol. The molecule has 0 bridgehead atoms. The lowest BCUT2D eigenvalue weighted by Gasteiger charge is -2.51. The zero-order valence-corrected chi connectivity index (χ0v) is 18.5. The minimum atomic E-state index is -0.469. The van der Waals surface area contributed by atoms with Gasteiger partial charge < -0.3 is 4.90 Å². The minimum Gasteiger partial charge on any atom is -0.303 e. The number of nitro benzene ring substituents is 1. The number of nitrogens with zero attached hydrogens (tertiary/aromatic N) is 2. The number of carbonyl (C=O) groups is 1. The molecule has 0 spiro atoms. The average molecular weight is 427 g/mol. The quantitative estimate of drug-likeness (QED) is 0.286. The van der Waals surface area contributed by atoms with Crippen LogP contribution in [0.4, 0.5) is 11.4 Å². The van der Waals surface area contributed by atoms with Crippen molar-refractivity contribution < 1.29 is 9.72 Å². The van der Waals surface area contributed by atoms with Crippen molar-refractivity contribution in [2.45, 2.75) is 38.1 Å². The van der Waals surface area contributed by atoms with Crippen LogP contribution >= 0.6 is 0 Å². The third kappa shape index (κ3) is 3.82. The van der Waals surface area contributed by atoms with Crippen LogP contribution in [-0.4, -0.2) is 16.4 Å². The van der Waals surface area contributed by atoms with Crippen molar-refractivity contribution in [3.8, 4) is 0 Å². The van der Waals surface area contributed by atoms with E-state index >= 15 is 0 Å². The highest BCUT2D eigenvalue weighted by Crippen LogP contribution is 2.50. The summed E-state index contributed by atoms with van der Waals surface area (Å²) in [5, 5.41) is 11.1. The van der Waals surface area contributed by atoms with Crippen molar-refractivity contribution in [1.82, 2.24) is 0 Å². The Labute approximate surface area is 188 Å². The molecule has 4 rings (SSSR count). The van der Waals surface area contributed by atoms with Gasteiger partial charge in [0.15, 0.2) is 0 Å². The molecule has 1 aliphatic heterocycles. The molecule has 5 nitrogen and oxygen atoms in total. The third-order valence-corrected chi connectivity index (χ3v) is 6.28. The summed E-state index contributed by atoms with van der Waals surface area (Å²) in [6.07, 6.45) is 4.15. The molecular formula is C27H26N2O3. The smallest absolute Gasteiger partial charge is 0.269 e. The van der Waals surface area contributed by atoms with Crippen LogP contribution in [0.3, 0.4) is 0 Å². The summed E-state index contributed by atoms with van der Waals surface area (Å²) >= 11 is 0. The Hall–Kier alpha value is -3.73. The fourth-order valence-electron chi connectivity index (χ4n) is 4.93. The lowest BCUT2D eigenvalue weighted by molar-refractivity contribution is -0.384. The van der Waals surface area contributed by atoms with Gasteiger partial charge >= 0.3 is 0 Å². The summed E-state index contributed by atoms with van der Waals surface area (Å²) < 4.78 is 0. The summed E-state index contributed by atoms with van der Waals surface area (Å²) in [6.45, 7) is 6.29. The summed E-state index contributed by atoms with van der Waals surface area (Å²) in [4.78, 5) is 26.0. The van der Waals surface area contributed by atoms with Gasteiger partial charge in [0.1, 0.15) is 0 Å². The Balaban J connectivity index is 1.77. The number of fused-ring (bicyclic) bond motifs is 1. The predicted octanol–water partition coefficient (Wildman–Crippen LogP) is 6.13. The van der Waals surface area contributed by atoms with Crippen molar-refractivity contribution in [1.29, 1.82) is 0 Å². The van der Waals surface area contributed by atoms with Gasteiger partial charge in [0.2, 0.25) is 0 Å². The van der Waals surface area contributed by atoms with Crippen LogP contribution in [0.5, 0.6) is 0 Å². The zero-order chi connectivity index (χ0) is 22.9. The summed E-state index contributed by atoms with van der Waals surface area (Å²) in [7, 11) is 0. The molecule has 0 saturated carbocycles. The van der Waals surface area contributed by atoms with Crippen LogP contribution in [0.2, 0.25) is 0 Å². The number of benzene rings is 3. The summed E-state index contributed by atoms with van der Waals surface area (Å²) in [6, 6.07) is 24.5.